The Labute approximate surface area is 170 Å². The van der Waals surface area contributed by atoms with Crippen LogP contribution in [0.1, 0.15) is 28.9 Å². The van der Waals surface area contributed by atoms with E-state index in [0.717, 1.165) is 29.9 Å². The summed E-state index contributed by atoms with van der Waals surface area (Å²) in [4.78, 5) is 12.7. The Hall–Kier alpha value is -2.52. The summed E-state index contributed by atoms with van der Waals surface area (Å²) < 4.78 is 39.5. The van der Waals surface area contributed by atoms with E-state index in [1.54, 1.807) is 11.6 Å². The Kier molecular flexibility index (Phi) is 5.51. The van der Waals surface area contributed by atoms with Crippen LogP contribution in [0.5, 0.6) is 11.5 Å². The fourth-order valence-electron chi connectivity index (χ4n) is 3.63. The lowest BCUT2D eigenvalue weighted by Gasteiger charge is -2.18. The zero-order valence-corrected chi connectivity index (χ0v) is 17.2. The number of aryl methyl sites for hydroxylation is 1. The Morgan fingerprint density at radius 3 is 2.59 bits per heavy atom. The highest BCUT2D eigenvalue weighted by atomic mass is 32.2. The third-order valence-corrected chi connectivity index (χ3v) is 7.09. The minimum atomic E-state index is -3.54. The van der Waals surface area contributed by atoms with E-state index < -0.39 is 10.0 Å². The van der Waals surface area contributed by atoms with Gasteiger partial charge in [-0.25, -0.2) is 8.42 Å². The highest BCUT2D eigenvalue weighted by molar-refractivity contribution is 7.89. The van der Waals surface area contributed by atoms with Crippen LogP contribution in [0.2, 0.25) is 0 Å². The second kappa shape index (κ2) is 8.08. The van der Waals surface area contributed by atoms with Gasteiger partial charge in [-0.05, 0) is 43.0 Å². The molecule has 1 fully saturated rings. The van der Waals surface area contributed by atoms with E-state index in [4.69, 9.17) is 9.47 Å². The standard InChI is InChI=1S/C20H25N3O5S/c1-22-14-16(29(25,26)23-8-2-3-9-23)13-17(22)20(24)21-7-6-15-4-5-18-19(12-15)28-11-10-27-18/h4-5,12-14H,2-3,6-11H2,1H3,(H,21,24). The third-order valence-electron chi connectivity index (χ3n) is 5.22. The van der Waals surface area contributed by atoms with Gasteiger partial charge >= 0.3 is 0 Å². The van der Waals surface area contributed by atoms with Crippen LogP contribution in [0.15, 0.2) is 35.4 Å². The first-order valence-electron chi connectivity index (χ1n) is 9.78. The molecular weight excluding hydrogens is 394 g/mol. The van der Waals surface area contributed by atoms with Gasteiger partial charge < -0.3 is 19.4 Å². The number of hydrogen-bond acceptors (Lipinski definition) is 5. The van der Waals surface area contributed by atoms with Crippen LogP contribution in [-0.2, 0) is 23.5 Å². The van der Waals surface area contributed by atoms with Gasteiger partial charge in [-0.15, -0.1) is 0 Å². The molecule has 4 rings (SSSR count). The number of benzene rings is 1. The summed E-state index contributed by atoms with van der Waals surface area (Å²) >= 11 is 0. The molecule has 0 radical (unpaired) electrons. The maximum absolute atomic E-state index is 12.7. The molecule has 1 aromatic carbocycles. The predicted octanol–water partition coefficient (Wildman–Crippen LogP) is 1.55. The first-order chi connectivity index (χ1) is 13.9. The van der Waals surface area contributed by atoms with Crippen molar-refractivity contribution in [1.82, 2.24) is 14.2 Å². The maximum Gasteiger partial charge on any atom is 0.267 e. The monoisotopic (exact) mass is 419 g/mol. The molecule has 3 heterocycles. The number of rotatable bonds is 6. The Morgan fingerprint density at radius 2 is 1.83 bits per heavy atom. The molecule has 2 aliphatic heterocycles. The molecule has 1 saturated heterocycles. The minimum absolute atomic E-state index is 0.166. The van der Waals surface area contributed by atoms with Crippen LogP contribution in [0.25, 0.3) is 0 Å². The molecule has 1 aromatic heterocycles. The number of nitrogens with zero attached hydrogens (tertiary/aromatic N) is 2. The third kappa shape index (κ3) is 4.11. The zero-order chi connectivity index (χ0) is 20.4. The molecule has 2 aromatic rings. The number of amides is 1. The number of aromatic nitrogens is 1. The summed E-state index contributed by atoms with van der Waals surface area (Å²) in [6, 6.07) is 7.19. The van der Waals surface area contributed by atoms with Crippen LogP contribution >= 0.6 is 0 Å². The molecule has 0 spiro atoms. The van der Waals surface area contributed by atoms with Crippen molar-refractivity contribution in [3.05, 3.63) is 41.7 Å². The van der Waals surface area contributed by atoms with E-state index in [0.29, 0.717) is 45.0 Å². The summed E-state index contributed by atoms with van der Waals surface area (Å²) in [7, 11) is -1.86. The van der Waals surface area contributed by atoms with E-state index in [-0.39, 0.29) is 10.8 Å². The molecule has 0 bridgehead atoms. The van der Waals surface area contributed by atoms with Crippen molar-refractivity contribution in [2.24, 2.45) is 7.05 Å². The molecule has 0 aliphatic carbocycles. The molecule has 8 nitrogen and oxygen atoms in total. The van der Waals surface area contributed by atoms with Crippen LogP contribution in [0.4, 0.5) is 0 Å². The van der Waals surface area contributed by atoms with Crippen molar-refractivity contribution in [3.63, 3.8) is 0 Å². The van der Waals surface area contributed by atoms with Crippen molar-refractivity contribution in [1.29, 1.82) is 0 Å². The largest absolute Gasteiger partial charge is 0.486 e. The van der Waals surface area contributed by atoms with Gasteiger partial charge in [-0.2, -0.15) is 4.31 Å². The average molecular weight is 420 g/mol. The summed E-state index contributed by atoms with van der Waals surface area (Å²) in [6.45, 7) is 2.58. The Morgan fingerprint density at radius 1 is 1.10 bits per heavy atom. The predicted molar refractivity (Wildman–Crippen MR) is 107 cm³/mol. The maximum atomic E-state index is 12.7. The zero-order valence-electron chi connectivity index (χ0n) is 16.4. The van der Waals surface area contributed by atoms with Crippen LogP contribution < -0.4 is 14.8 Å². The van der Waals surface area contributed by atoms with E-state index >= 15 is 0 Å². The first-order valence-corrected chi connectivity index (χ1v) is 11.2. The van der Waals surface area contributed by atoms with Crippen LogP contribution in [0.3, 0.4) is 0 Å². The van der Waals surface area contributed by atoms with Gasteiger partial charge in [-0.3, -0.25) is 4.79 Å². The molecular formula is C20H25N3O5S. The summed E-state index contributed by atoms with van der Waals surface area (Å²) in [5.41, 5.74) is 1.35. The van der Waals surface area contributed by atoms with Crippen LogP contribution in [0, 0.1) is 0 Å². The van der Waals surface area contributed by atoms with Crippen LogP contribution in [-0.4, -0.2) is 56.0 Å². The highest BCUT2D eigenvalue weighted by Crippen LogP contribution is 2.30. The lowest BCUT2D eigenvalue weighted by atomic mass is 10.1. The fraction of sp³-hybridized carbons (Fsp3) is 0.450. The van der Waals surface area contributed by atoms with Gasteiger partial charge in [0.25, 0.3) is 5.91 Å². The first kappa shape index (κ1) is 19.8. The van der Waals surface area contributed by atoms with Crippen molar-refractivity contribution in [3.8, 4) is 11.5 Å². The topological polar surface area (TPSA) is 89.9 Å². The summed E-state index contributed by atoms with van der Waals surface area (Å²) in [5, 5.41) is 2.86. The molecule has 0 saturated carbocycles. The number of nitrogens with one attached hydrogen (secondary N) is 1. The summed E-state index contributed by atoms with van der Waals surface area (Å²) in [6.07, 6.45) is 3.88. The Bertz CT molecular complexity index is 1010. The van der Waals surface area contributed by atoms with E-state index in [9.17, 15) is 13.2 Å². The number of carbonyl (C=O) groups is 1. The fourth-order valence-corrected chi connectivity index (χ4v) is 5.22. The van der Waals surface area contributed by atoms with Gasteiger partial charge in [-0.1, -0.05) is 6.07 Å². The molecule has 0 unspecified atom stereocenters. The minimum Gasteiger partial charge on any atom is -0.486 e. The quantitative estimate of drug-likeness (QED) is 0.767. The highest BCUT2D eigenvalue weighted by Gasteiger charge is 2.29. The Balaban J connectivity index is 1.38. The van der Waals surface area contributed by atoms with Gasteiger partial charge in [0, 0.05) is 32.9 Å². The molecule has 1 amide bonds. The molecule has 0 atom stereocenters. The molecule has 1 N–H and O–H groups in total. The van der Waals surface area contributed by atoms with Gasteiger partial charge in [0.05, 0.1) is 0 Å². The van der Waals surface area contributed by atoms with Crippen molar-refractivity contribution in [2.75, 3.05) is 32.8 Å². The molecule has 2 aliphatic rings. The number of sulfonamides is 1. The van der Waals surface area contributed by atoms with E-state index in [1.165, 1.54) is 16.6 Å². The number of hydrogen-bond donors (Lipinski definition) is 1. The second-order valence-corrected chi connectivity index (χ2v) is 9.20. The number of carbonyl (C=O) groups excluding carboxylic acids is 1. The summed E-state index contributed by atoms with van der Waals surface area (Å²) in [5.74, 6) is 1.16. The van der Waals surface area contributed by atoms with E-state index in [2.05, 4.69) is 5.32 Å². The molecule has 156 valence electrons. The van der Waals surface area contributed by atoms with Gasteiger partial charge in [0.2, 0.25) is 10.0 Å². The number of fused-ring (bicyclic) bond motifs is 1. The van der Waals surface area contributed by atoms with Crippen molar-refractivity contribution in [2.45, 2.75) is 24.2 Å². The van der Waals surface area contributed by atoms with Gasteiger partial charge in [0.1, 0.15) is 23.8 Å². The van der Waals surface area contributed by atoms with E-state index in [1.807, 2.05) is 18.2 Å². The normalized spacial score (nSPS) is 16.7. The number of ether oxygens (including phenoxy) is 2. The lowest BCUT2D eigenvalue weighted by Crippen LogP contribution is -2.28. The SMILES string of the molecule is Cn1cc(S(=O)(=O)N2CCCC2)cc1C(=O)NCCc1ccc2c(c1)OCCO2. The second-order valence-electron chi connectivity index (χ2n) is 7.27. The van der Waals surface area contributed by atoms with Gasteiger partial charge in [0.15, 0.2) is 11.5 Å². The lowest BCUT2D eigenvalue weighted by molar-refractivity contribution is 0.0946. The van der Waals surface area contributed by atoms with Crippen molar-refractivity contribution >= 4 is 15.9 Å². The molecule has 9 heteroatoms. The van der Waals surface area contributed by atoms with Crippen molar-refractivity contribution < 1.29 is 22.7 Å². The average Bonchev–Trinajstić information content (AvgIpc) is 3.38. The molecule has 29 heavy (non-hydrogen) atoms. The smallest absolute Gasteiger partial charge is 0.267 e.